The summed E-state index contributed by atoms with van der Waals surface area (Å²) >= 11 is 0. The third-order valence-electron chi connectivity index (χ3n) is 3.21. The molecular formula is C18H24O2. The lowest BCUT2D eigenvalue weighted by molar-refractivity contribution is 0.0819. The van der Waals surface area contributed by atoms with Gasteiger partial charge in [-0.3, -0.25) is 0 Å². The number of ether oxygens (including phenoxy) is 2. The van der Waals surface area contributed by atoms with Crippen LogP contribution in [-0.4, -0.2) is 19.8 Å². The molecule has 0 aromatic heterocycles. The smallest absolute Gasteiger partial charge is 0.120 e. The molecule has 0 bridgehead atoms. The molecule has 0 saturated carbocycles. The van der Waals surface area contributed by atoms with E-state index in [1.54, 1.807) is 0 Å². The van der Waals surface area contributed by atoms with E-state index in [0.29, 0.717) is 18.6 Å². The summed E-state index contributed by atoms with van der Waals surface area (Å²) in [6, 6.07) is 14.5. The van der Waals surface area contributed by atoms with Crippen LogP contribution in [0, 0.1) is 5.41 Å². The Morgan fingerprint density at radius 2 is 1.60 bits per heavy atom. The van der Waals surface area contributed by atoms with Crippen LogP contribution < -0.4 is 4.74 Å². The Hall–Kier alpha value is -1.54. The molecule has 0 saturated heterocycles. The molecule has 108 valence electrons. The van der Waals surface area contributed by atoms with Crippen molar-refractivity contribution in [3.63, 3.8) is 0 Å². The lowest BCUT2D eigenvalue weighted by atomic mass is 9.93. The molecular weight excluding hydrogens is 248 g/mol. The van der Waals surface area contributed by atoms with Gasteiger partial charge >= 0.3 is 0 Å². The second kappa shape index (κ2) is 6.76. The van der Waals surface area contributed by atoms with Gasteiger partial charge in [0.05, 0.1) is 6.61 Å². The summed E-state index contributed by atoms with van der Waals surface area (Å²) in [5, 5.41) is 2.44. The Balaban J connectivity index is 1.73. The van der Waals surface area contributed by atoms with Crippen LogP contribution in [0.4, 0.5) is 0 Å². The van der Waals surface area contributed by atoms with Gasteiger partial charge in [0.2, 0.25) is 0 Å². The van der Waals surface area contributed by atoms with E-state index in [1.807, 2.05) is 18.2 Å². The highest BCUT2D eigenvalue weighted by Crippen LogP contribution is 2.20. The normalized spacial score (nSPS) is 11.8. The molecule has 0 radical (unpaired) electrons. The fourth-order valence-electron chi connectivity index (χ4n) is 1.96. The second-order valence-corrected chi connectivity index (χ2v) is 6.28. The molecule has 0 aliphatic heterocycles. The average Bonchev–Trinajstić information content (AvgIpc) is 2.41. The van der Waals surface area contributed by atoms with Crippen LogP contribution in [0.2, 0.25) is 0 Å². The van der Waals surface area contributed by atoms with Gasteiger partial charge in [0.25, 0.3) is 0 Å². The van der Waals surface area contributed by atoms with Gasteiger partial charge < -0.3 is 9.47 Å². The maximum absolute atomic E-state index is 5.72. The van der Waals surface area contributed by atoms with Gasteiger partial charge in [-0.25, -0.2) is 0 Å². The topological polar surface area (TPSA) is 18.5 Å². The molecule has 0 unspecified atom stereocenters. The lowest BCUT2D eigenvalue weighted by Crippen LogP contribution is -2.12. The molecule has 0 fully saturated rings. The van der Waals surface area contributed by atoms with Crippen LogP contribution in [0.1, 0.15) is 27.2 Å². The van der Waals surface area contributed by atoms with Crippen molar-refractivity contribution in [3.05, 3.63) is 42.5 Å². The predicted molar refractivity (Wildman–Crippen MR) is 84.3 cm³/mol. The van der Waals surface area contributed by atoms with Gasteiger partial charge in [-0.2, -0.15) is 0 Å². The van der Waals surface area contributed by atoms with E-state index >= 15 is 0 Å². The number of hydrogen-bond donors (Lipinski definition) is 0. The molecule has 0 aliphatic rings. The molecule has 2 nitrogen and oxygen atoms in total. The van der Waals surface area contributed by atoms with E-state index in [2.05, 4.69) is 45.0 Å². The Bertz CT molecular complexity index is 540. The summed E-state index contributed by atoms with van der Waals surface area (Å²) in [5.74, 6) is 0.906. The second-order valence-electron chi connectivity index (χ2n) is 6.28. The van der Waals surface area contributed by atoms with Crippen LogP contribution in [0.25, 0.3) is 10.8 Å². The molecule has 20 heavy (non-hydrogen) atoms. The fraction of sp³-hybridized carbons (Fsp3) is 0.444. The number of fused-ring (bicyclic) bond motifs is 1. The Morgan fingerprint density at radius 3 is 2.35 bits per heavy atom. The van der Waals surface area contributed by atoms with Crippen molar-refractivity contribution in [1.29, 1.82) is 0 Å². The summed E-state index contributed by atoms with van der Waals surface area (Å²) in [6.45, 7) is 8.71. The van der Waals surface area contributed by atoms with Crippen molar-refractivity contribution in [2.24, 2.45) is 5.41 Å². The van der Waals surface area contributed by atoms with Crippen LogP contribution in [0.5, 0.6) is 5.75 Å². The van der Waals surface area contributed by atoms with Gasteiger partial charge in [0.1, 0.15) is 12.4 Å². The number of hydrogen-bond acceptors (Lipinski definition) is 2. The molecule has 2 aromatic rings. The molecule has 0 N–H and O–H groups in total. The monoisotopic (exact) mass is 272 g/mol. The van der Waals surface area contributed by atoms with Crippen molar-refractivity contribution < 1.29 is 9.47 Å². The third kappa shape index (κ3) is 4.86. The largest absolute Gasteiger partial charge is 0.491 e. The standard InChI is InChI=1S/C18H24O2/c1-18(2,3)10-11-19-12-13-20-17-9-8-15-6-4-5-7-16(15)14-17/h4-9,14H,10-13H2,1-3H3. The van der Waals surface area contributed by atoms with Crippen molar-refractivity contribution in [1.82, 2.24) is 0 Å². The van der Waals surface area contributed by atoms with E-state index < -0.39 is 0 Å². The quantitative estimate of drug-likeness (QED) is 0.711. The first kappa shape index (κ1) is 14.9. The van der Waals surface area contributed by atoms with E-state index in [-0.39, 0.29) is 0 Å². The maximum atomic E-state index is 5.72. The highest BCUT2D eigenvalue weighted by Gasteiger charge is 2.09. The fourth-order valence-corrected chi connectivity index (χ4v) is 1.96. The Kier molecular flexibility index (Phi) is 5.02. The molecule has 2 heteroatoms. The van der Waals surface area contributed by atoms with Crippen molar-refractivity contribution in [2.45, 2.75) is 27.2 Å². The highest BCUT2D eigenvalue weighted by atomic mass is 16.5. The molecule has 0 atom stereocenters. The van der Waals surface area contributed by atoms with Crippen LogP contribution in [-0.2, 0) is 4.74 Å². The molecule has 0 heterocycles. The number of rotatable bonds is 6. The molecule has 0 aliphatic carbocycles. The molecule has 2 aromatic carbocycles. The van der Waals surface area contributed by atoms with Gasteiger partial charge in [0, 0.05) is 6.61 Å². The van der Waals surface area contributed by atoms with E-state index in [4.69, 9.17) is 9.47 Å². The Morgan fingerprint density at radius 1 is 0.850 bits per heavy atom. The first-order chi connectivity index (χ1) is 9.54. The lowest BCUT2D eigenvalue weighted by Gasteiger charge is -2.17. The number of benzene rings is 2. The van der Waals surface area contributed by atoms with Gasteiger partial charge in [-0.1, -0.05) is 51.1 Å². The summed E-state index contributed by atoms with van der Waals surface area (Å²) in [7, 11) is 0. The van der Waals surface area contributed by atoms with Crippen molar-refractivity contribution >= 4 is 10.8 Å². The van der Waals surface area contributed by atoms with E-state index in [1.165, 1.54) is 10.8 Å². The molecule has 0 amide bonds. The molecule has 2 rings (SSSR count). The summed E-state index contributed by atoms with van der Waals surface area (Å²) in [5.41, 5.74) is 0.333. The first-order valence-corrected chi connectivity index (χ1v) is 7.24. The minimum Gasteiger partial charge on any atom is -0.491 e. The van der Waals surface area contributed by atoms with Gasteiger partial charge in [-0.15, -0.1) is 0 Å². The first-order valence-electron chi connectivity index (χ1n) is 7.24. The predicted octanol–water partition coefficient (Wildman–Crippen LogP) is 4.67. The van der Waals surface area contributed by atoms with Crippen LogP contribution in [0.15, 0.2) is 42.5 Å². The zero-order valence-electron chi connectivity index (χ0n) is 12.7. The van der Waals surface area contributed by atoms with Crippen LogP contribution in [0.3, 0.4) is 0 Å². The summed E-state index contributed by atoms with van der Waals surface area (Å²) in [4.78, 5) is 0. The minimum absolute atomic E-state index is 0.333. The maximum Gasteiger partial charge on any atom is 0.120 e. The highest BCUT2D eigenvalue weighted by molar-refractivity contribution is 5.83. The van der Waals surface area contributed by atoms with Gasteiger partial charge in [-0.05, 0) is 34.7 Å². The SMILES string of the molecule is CC(C)(C)CCOCCOc1ccc2ccccc2c1. The van der Waals surface area contributed by atoms with Crippen molar-refractivity contribution in [3.8, 4) is 5.75 Å². The van der Waals surface area contributed by atoms with Gasteiger partial charge in [0.15, 0.2) is 0 Å². The Labute approximate surface area is 121 Å². The van der Waals surface area contributed by atoms with E-state index in [0.717, 1.165) is 18.8 Å². The summed E-state index contributed by atoms with van der Waals surface area (Å²) < 4.78 is 11.3. The summed E-state index contributed by atoms with van der Waals surface area (Å²) in [6.07, 6.45) is 1.07. The zero-order chi connectivity index (χ0) is 14.4. The van der Waals surface area contributed by atoms with Crippen LogP contribution >= 0.6 is 0 Å². The zero-order valence-corrected chi connectivity index (χ0v) is 12.7. The van der Waals surface area contributed by atoms with E-state index in [9.17, 15) is 0 Å². The minimum atomic E-state index is 0.333. The van der Waals surface area contributed by atoms with Crippen molar-refractivity contribution in [2.75, 3.05) is 19.8 Å². The average molecular weight is 272 g/mol. The molecule has 0 spiro atoms. The third-order valence-corrected chi connectivity index (χ3v) is 3.21.